The molecule has 1 aromatic rings. The van der Waals surface area contributed by atoms with E-state index in [9.17, 15) is 0 Å². The van der Waals surface area contributed by atoms with Gasteiger partial charge in [0.1, 0.15) is 0 Å². The number of nitrogens with two attached hydrogens (primary N) is 1. The molecule has 0 atom stereocenters. The summed E-state index contributed by atoms with van der Waals surface area (Å²) in [6.45, 7) is 4.52. The number of hydrogen-bond donors (Lipinski definition) is 1. The SMILES string of the molecule is CC(C)CCCc1ccccc1N. The Morgan fingerprint density at radius 2 is 1.92 bits per heavy atom. The standard InChI is InChI=1S/C12H19N/c1-10(2)6-5-8-11-7-3-4-9-12(11)13/h3-4,7,9-10H,5-6,8,13H2,1-2H3. The molecule has 0 amide bonds. The number of anilines is 1. The molecule has 0 bridgehead atoms. The maximum atomic E-state index is 5.84. The molecule has 72 valence electrons. The van der Waals surface area contributed by atoms with Crippen molar-refractivity contribution in [2.24, 2.45) is 5.92 Å². The molecule has 13 heavy (non-hydrogen) atoms. The van der Waals surface area contributed by atoms with Gasteiger partial charge in [-0.25, -0.2) is 0 Å². The number of rotatable bonds is 4. The van der Waals surface area contributed by atoms with E-state index in [1.54, 1.807) is 0 Å². The highest BCUT2D eigenvalue weighted by atomic mass is 14.6. The zero-order chi connectivity index (χ0) is 9.68. The molecule has 0 spiro atoms. The second kappa shape index (κ2) is 4.90. The topological polar surface area (TPSA) is 26.0 Å². The summed E-state index contributed by atoms with van der Waals surface area (Å²) in [5.74, 6) is 0.796. The highest BCUT2D eigenvalue weighted by molar-refractivity contribution is 5.46. The molecule has 0 unspecified atom stereocenters. The Morgan fingerprint density at radius 3 is 2.54 bits per heavy atom. The van der Waals surface area contributed by atoms with Gasteiger partial charge in [0.25, 0.3) is 0 Å². The molecule has 0 saturated carbocycles. The van der Waals surface area contributed by atoms with Crippen LogP contribution in [0.4, 0.5) is 5.69 Å². The van der Waals surface area contributed by atoms with Gasteiger partial charge in [-0.2, -0.15) is 0 Å². The van der Waals surface area contributed by atoms with Crippen LogP contribution in [0, 0.1) is 5.92 Å². The summed E-state index contributed by atoms with van der Waals surface area (Å²) >= 11 is 0. The molecular weight excluding hydrogens is 158 g/mol. The van der Waals surface area contributed by atoms with Crippen molar-refractivity contribution in [1.82, 2.24) is 0 Å². The molecule has 1 rings (SSSR count). The normalized spacial score (nSPS) is 10.7. The van der Waals surface area contributed by atoms with Crippen molar-refractivity contribution >= 4 is 5.69 Å². The van der Waals surface area contributed by atoms with E-state index in [-0.39, 0.29) is 0 Å². The first-order valence-corrected chi connectivity index (χ1v) is 5.03. The number of benzene rings is 1. The minimum atomic E-state index is 0.796. The Balaban J connectivity index is 2.41. The third-order valence-corrected chi connectivity index (χ3v) is 2.28. The van der Waals surface area contributed by atoms with Crippen molar-refractivity contribution in [3.63, 3.8) is 0 Å². The first-order valence-electron chi connectivity index (χ1n) is 5.03. The van der Waals surface area contributed by atoms with Gasteiger partial charge in [-0.15, -0.1) is 0 Å². The van der Waals surface area contributed by atoms with Crippen LogP contribution in [0.2, 0.25) is 0 Å². The molecule has 0 saturated heterocycles. The molecule has 2 N–H and O–H groups in total. The summed E-state index contributed by atoms with van der Waals surface area (Å²) < 4.78 is 0. The monoisotopic (exact) mass is 177 g/mol. The van der Waals surface area contributed by atoms with Gasteiger partial charge in [-0.1, -0.05) is 38.5 Å². The van der Waals surface area contributed by atoms with Crippen molar-refractivity contribution in [2.75, 3.05) is 5.73 Å². The summed E-state index contributed by atoms with van der Waals surface area (Å²) in [4.78, 5) is 0. The lowest BCUT2D eigenvalue weighted by atomic mass is 10.0. The van der Waals surface area contributed by atoms with E-state index in [4.69, 9.17) is 5.73 Å². The van der Waals surface area contributed by atoms with Gasteiger partial charge in [-0.3, -0.25) is 0 Å². The van der Waals surface area contributed by atoms with Crippen LogP contribution in [0.3, 0.4) is 0 Å². The lowest BCUT2D eigenvalue weighted by molar-refractivity contribution is 0.556. The second-order valence-electron chi connectivity index (χ2n) is 3.98. The average molecular weight is 177 g/mol. The van der Waals surface area contributed by atoms with Crippen molar-refractivity contribution in [2.45, 2.75) is 33.1 Å². The number of nitrogen functional groups attached to an aromatic ring is 1. The maximum absolute atomic E-state index is 5.84. The second-order valence-corrected chi connectivity index (χ2v) is 3.98. The highest BCUT2D eigenvalue weighted by Gasteiger charge is 1.98. The molecule has 1 nitrogen and oxygen atoms in total. The minimum Gasteiger partial charge on any atom is -0.399 e. The summed E-state index contributed by atoms with van der Waals surface area (Å²) in [6, 6.07) is 8.14. The largest absolute Gasteiger partial charge is 0.399 e. The van der Waals surface area contributed by atoms with Crippen molar-refractivity contribution in [3.05, 3.63) is 29.8 Å². The number of aryl methyl sites for hydroxylation is 1. The van der Waals surface area contributed by atoms with Crippen LogP contribution in [0.1, 0.15) is 32.3 Å². The first kappa shape index (κ1) is 10.1. The van der Waals surface area contributed by atoms with Gasteiger partial charge in [0, 0.05) is 5.69 Å². The first-order chi connectivity index (χ1) is 6.20. The maximum Gasteiger partial charge on any atom is 0.0346 e. The summed E-state index contributed by atoms with van der Waals surface area (Å²) in [7, 11) is 0. The van der Waals surface area contributed by atoms with Crippen LogP contribution in [-0.2, 0) is 6.42 Å². The van der Waals surface area contributed by atoms with E-state index in [2.05, 4.69) is 26.0 Å². The van der Waals surface area contributed by atoms with Gasteiger partial charge >= 0.3 is 0 Å². The fraction of sp³-hybridized carbons (Fsp3) is 0.500. The molecule has 1 heteroatoms. The van der Waals surface area contributed by atoms with Crippen LogP contribution in [0.15, 0.2) is 24.3 Å². The third-order valence-electron chi connectivity index (χ3n) is 2.28. The molecule has 0 heterocycles. The summed E-state index contributed by atoms with van der Waals surface area (Å²) in [5.41, 5.74) is 8.07. The smallest absolute Gasteiger partial charge is 0.0346 e. The summed E-state index contributed by atoms with van der Waals surface area (Å²) in [5, 5.41) is 0. The van der Waals surface area contributed by atoms with Gasteiger partial charge < -0.3 is 5.73 Å². The van der Waals surface area contributed by atoms with Crippen molar-refractivity contribution in [3.8, 4) is 0 Å². The van der Waals surface area contributed by atoms with Crippen LogP contribution < -0.4 is 5.73 Å². The van der Waals surface area contributed by atoms with E-state index in [1.165, 1.54) is 18.4 Å². The van der Waals surface area contributed by atoms with Crippen LogP contribution in [0.25, 0.3) is 0 Å². The molecule has 0 aliphatic carbocycles. The minimum absolute atomic E-state index is 0.796. The Hall–Kier alpha value is -0.980. The fourth-order valence-electron chi connectivity index (χ4n) is 1.46. The lowest BCUT2D eigenvalue weighted by Gasteiger charge is -2.06. The number of hydrogen-bond acceptors (Lipinski definition) is 1. The average Bonchev–Trinajstić information content (AvgIpc) is 2.08. The van der Waals surface area contributed by atoms with E-state index in [0.717, 1.165) is 18.0 Å². The Morgan fingerprint density at radius 1 is 1.23 bits per heavy atom. The zero-order valence-electron chi connectivity index (χ0n) is 8.59. The van der Waals surface area contributed by atoms with E-state index < -0.39 is 0 Å². The van der Waals surface area contributed by atoms with E-state index in [1.807, 2.05) is 12.1 Å². The Bertz CT molecular complexity index is 253. The molecular formula is C12H19N. The van der Waals surface area contributed by atoms with Crippen LogP contribution in [-0.4, -0.2) is 0 Å². The molecule has 0 aromatic heterocycles. The predicted molar refractivity (Wildman–Crippen MR) is 58.6 cm³/mol. The van der Waals surface area contributed by atoms with Gasteiger partial charge in [0.05, 0.1) is 0 Å². The Kier molecular flexibility index (Phi) is 3.81. The van der Waals surface area contributed by atoms with Gasteiger partial charge in [-0.05, 0) is 30.4 Å². The van der Waals surface area contributed by atoms with Crippen LogP contribution >= 0.6 is 0 Å². The van der Waals surface area contributed by atoms with Crippen molar-refractivity contribution in [1.29, 1.82) is 0 Å². The fourth-order valence-corrected chi connectivity index (χ4v) is 1.46. The quantitative estimate of drug-likeness (QED) is 0.702. The predicted octanol–water partition coefficient (Wildman–Crippen LogP) is 3.25. The van der Waals surface area contributed by atoms with Gasteiger partial charge in [0.15, 0.2) is 0 Å². The Labute approximate surface area is 81.0 Å². The molecule has 0 aliphatic heterocycles. The third kappa shape index (κ3) is 3.49. The lowest BCUT2D eigenvalue weighted by Crippen LogP contribution is -1.95. The van der Waals surface area contributed by atoms with Crippen molar-refractivity contribution < 1.29 is 0 Å². The molecule has 0 fully saturated rings. The van der Waals surface area contributed by atoms with Gasteiger partial charge in [0.2, 0.25) is 0 Å². The van der Waals surface area contributed by atoms with E-state index >= 15 is 0 Å². The van der Waals surface area contributed by atoms with Crippen LogP contribution in [0.5, 0.6) is 0 Å². The number of para-hydroxylation sites is 1. The molecule has 0 radical (unpaired) electrons. The highest BCUT2D eigenvalue weighted by Crippen LogP contribution is 2.15. The molecule has 0 aliphatic rings. The molecule has 1 aromatic carbocycles. The summed E-state index contributed by atoms with van der Waals surface area (Å²) in [6.07, 6.45) is 3.64. The zero-order valence-corrected chi connectivity index (χ0v) is 8.59. The van der Waals surface area contributed by atoms with E-state index in [0.29, 0.717) is 0 Å².